The van der Waals surface area contributed by atoms with E-state index >= 15 is 0 Å². The number of carbonyl (C=O) groups excluding carboxylic acids is 1. The van der Waals surface area contributed by atoms with E-state index in [0.29, 0.717) is 11.3 Å². The van der Waals surface area contributed by atoms with Gasteiger partial charge in [0.25, 0.3) is 5.91 Å². The zero-order valence-electron chi connectivity index (χ0n) is 13.0. The number of hydrogen-bond donors (Lipinski definition) is 2. The summed E-state index contributed by atoms with van der Waals surface area (Å²) in [5.74, 6) is -0.0905. The Morgan fingerprint density at radius 2 is 1.76 bits per heavy atom. The maximum absolute atomic E-state index is 12.4. The summed E-state index contributed by atoms with van der Waals surface area (Å²) in [4.78, 5) is 12.4. The Morgan fingerprint density at radius 1 is 1.05 bits per heavy atom. The van der Waals surface area contributed by atoms with Crippen molar-refractivity contribution < 1.29 is 4.79 Å². The van der Waals surface area contributed by atoms with Crippen LogP contribution in [0.3, 0.4) is 0 Å². The third kappa shape index (κ3) is 3.43. The molecular formula is C18H22N2O. The van der Waals surface area contributed by atoms with Crippen LogP contribution in [0.15, 0.2) is 36.4 Å². The third-order valence-corrected chi connectivity index (χ3v) is 3.75. The number of nitrogens with one attached hydrogen (secondary N) is 1. The van der Waals surface area contributed by atoms with Crippen LogP contribution < -0.4 is 11.1 Å². The highest BCUT2D eigenvalue weighted by atomic mass is 16.1. The molecule has 2 aromatic rings. The number of hydrogen-bond acceptors (Lipinski definition) is 2. The normalized spacial score (nSPS) is 12.0. The molecule has 0 radical (unpaired) electrons. The zero-order valence-corrected chi connectivity index (χ0v) is 13.0. The minimum Gasteiger partial charge on any atom is -0.399 e. The summed E-state index contributed by atoms with van der Waals surface area (Å²) < 4.78 is 0. The fourth-order valence-corrected chi connectivity index (χ4v) is 2.55. The second-order valence-corrected chi connectivity index (χ2v) is 5.63. The lowest BCUT2D eigenvalue weighted by Crippen LogP contribution is -2.27. The van der Waals surface area contributed by atoms with Gasteiger partial charge in [-0.3, -0.25) is 4.79 Å². The molecule has 0 saturated carbocycles. The average molecular weight is 282 g/mol. The maximum Gasteiger partial charge on any atom is 0.252 e. The second-order valence-electron chi connectivity index (χ2n) is 5.63. The van der Waals surface area contributed by atoms with Crippen molar-refractivity contribution in [3.63, 3.8) is 0 Å². The van der Waals surface area contributed by atoms with Gasteiger partial charge in [0.15, 0.2) is 0 Å². The first kappa shape index (κ1) is 15.1. The van der Waals surface area contributed by atoms with Crippen molar-refractivity contribution in [2.24, 2.45) is 0 Å². The Balaban J connectivity index is 2.20. The lowest BCUT2D eigenvalue weighted by molar-refractivity contribution is 0.0939. The Kier molecular flexibility index (Phi) is 4.32. The van der Waals surface area contributed by atoms with Crippen LogP contribution in [0.2, 0.25) is 0 Å². The van der Waals surface area contributed by atoms with Crippen molar-refractivity contribution in [2.45, 2.75) is 33.7 Å². The SMILES string of the molecule is Cc1ccc(C(C)NC(=O)c2cc(N)ccc2C)c(C)c1. The molecule has 3 nitrogen and oxygen atoms in total. The summed E-state index contributed by atoms with van der Waals surface area (Å²) in [7, 11) is 0. The minimum atomic E-state index is -0.0905. The molecule has 0 spiro atoms. The summed E-state index contributed by atoms with van der Waals surface area (Å²) in [6, 6.07) is 11.6. The summed E-state index contributed by atoms with van der Waals surface area (Å²) in [6.07, 6.45) is 0. The van der Waals surface area contributed by atoms with Gasteiger partial charge in [-0.25, -0.2) is 0 Å². The van der Waals surface area contributed by atoms with E-state index in [1.807, 2.05) is 19.9 Å². The minimum absolute atomic E-state index is 0.0427. The number of nitrogens with two attached hydrogens (primary N) is 1. The molecule has 1 unspecified atom stereocenters. The molecule has 0 aliphatic carbocycles. The van der Waals surface area contributed by atoms with Crippen LogP contribution in [0.1, 0.15) is 45.6 Å². The lowest BCUT2D eigenvalue weighted by atomic mass is 9.99. The van der Waals surface area contributed by atoms with Gasteiger partial charge in [-0.15, -0.1) is 0 Å². The first-order chi connectivity index (χ1) is 9.88. The molecule has 0 bridgehead atoms. The van der Waals surface area contributed by atoms with Gasteiger partial charge in [-0.2, -0.15) is 0 Å². The summed E-state index contributed by atoms with van der Waals surface area (Å²) in [5.41, 5.74) is 11.5. The highest BCUT2D eigenvalue weighted by molar-refractivity contribution is 5.96. The number of benzene rings is 2. The van der Waals surface area contributed by atoms with Gasteiger partial charge in [0.1, 0.15) is 0 Å². The number of aryl methyl sites for hydroxylation is 3. The number of anilines is 1. The predicted molar refractivity (Wildman–Crippen MR) is 87.4 cm³/mol. The highest BCUT2D eigenvalue weighted by Crippen LogP contribution is 2.20. The van der Waals surface area contributed by atoms with Gasteiger partial charge < -0.3 is 11.1 Å². The largest absolute Gasteiger partial charge is 0.399 e. The van der Waals surface area contributed by atoms with Crippen molar-refractivity contribution >= 4 is 11.6 Å². The van der Waals surface area contributed by atoms with E-state index in [2.05, 4.69) is 37.4 Å². The summed E-state index contributed by atoms with van der Waals surface area (Å²) in [6.45, 7) is 8.04. The van der Waals surface area contributed by atoms with E-state index in [1.165, 1.54) is 11.1 Å². The van der Waals surface area contributed by atoms with Crippen molar-refractivity contribution in [3.8, 4) is 0 Å². The van der Waals surface area contributed by atoms with Crippen molar-refractivity contribution in [3.05, 3.63) is 64.2 Å². The van der Waals surface area contributed by atoms with Crippen molar-refractivity contribution in [2.75, 3.05) is 5.73 Å². The van der Waals surface area contributed by atoms with Gasteiger partial charge in [0.2, 0.25) is 0 Å². The first-order valence-electron chi connectivity index (χ1n) is 7.12. The molecule has 1 amide bonds. The number of rotatable bonds is 3. The number of carbonyl (C=O) groups is 1. The molecular weight excluding hydrogens is 260 g/mol. The fraction of sp³-hybridized carbons (Fsp3) is 0.278. The van der Waals surface area contributed by atoms with Gasteiger partial charge in [-0.05, 0) is 56.5 Å². The molecule has 1 atom stereocenters. The van der Waals surface area contributed by atoms with Crippen LogP contribution in [0.25, 0.3) is 0 Å². The summed E-state index contributed by atoms with van der Waals surface area (Å²) in [5, 5.41) is 3.05. The van der Waals surface area contributed by atoms with Crippen LogP contribution in [-0.4, -0.2) is 5.91 Å². The predicted octanol–water partition coefficient (Wildman–Crippen LogP) is 3.69. The highest BCUT2D eigenvalue weighted by Gasteiger charge is 2.15. The van der Waals surface area contributed by atoms with Gasteiger partial charge in [-0.1, -0.05) is 29.8 Å². The van der Waals surface area contributed by atoms with Gasteiger partial charge in [0, 0.05) is 11.3 Å². The Morgan fingerprint density at radius 3 is 2.43 bits per heavy atom. The maximum atomic E-state index is 12.4. The second kappa shape index (κ2) is 6.00. The van der Waals surface area contributed by atoms with Crippen LogP contribution in [0, 0.1) is 20.8 Å². The monoisotopic (exact) mass is 282 g/mol. The van der Waals surface area contributed by atoms with Gasteiger partial charge >= 0.3 is 0 Å². The molecule has 110 valence electrons. The van der Waals surface area contributed by atoms with E-state index < -0.39 is 0 Å². The van der Waals surface area contributed by atoms with Gasteiger partial charge in [0.05, 0.1) is 6.04 Å². The molecule has 0 fully saturated rings. The molecule has 0 aliphatic rings. The molecule has 0 aromatic heterocycles. The Bertz CT molecular complexity index is 677. The van der Waals surface area contributed by atoms with Crippen LogP contribution in [0.4, 0.5) is 5.69 Å². The van der Waals surface area contributed by atoms with Crippen LogP contribution >= 0.6 is 0 Å². The molecule has 3 N–H and O–H groups in total. The Labute approximate surface area is 126 Å². The molecule has 3 heteroatoms. The van der Waals surface area contributed by atoms with E-state index in [4.69, 9.17) is 5.73 Å². The lowest BCUT2D eigenvalue weighted by Gasteiger charge is -2.18. The quantitative estimate of drug-likeness (QED) is 0.844. The zero-order chi connectivity index (χ0) is 15.6. The molecule has 21 heavy (non-hydrogen) atoms. The van der Waals surface area contributed by atoms with Crippen LogP contribution in [0.5, 0.6) is 0 Å². The van der Waals surface area contributed by atoms with E-state index in [9.17, 15) is 4.79 Å². The van der Waals surface area contributed by atoms with E-state index in [-0.39, 0.29) is 11.9 Å². The molecule has 2 rings (SSSR count). The smallest absolute Gasteiger partial charge is 0.252 e. The molecule has 2 aromatic carbocycles. The standard InChI is InChI=1S/C18H22N2O/c1-11-5-8-16(13(3)9-11)14(4)20-18(21)17-10-15(19)7-6-12(17)2/h5-10,14H,19H2,1-4H3,(H,20,21). The molecule has 0 aliphatic heterocycles. The molecule has 0 saturated heterocycles. The Hall–Kier alpha value is -2.29. The average Bonchev–Trinajstić information content (AvgIpc) is 2.41. The van der Waals surface area contributed by atoms with Crippen LogP contribution in [-0.2, 0) is 0 Å². The topological polar surface area (TPSA) is 55.1 Å². The molecule has 0 heterocycles. The van der Waals surface area contributed by atoms with Crippen molar-refractivity contribution in [1.29, 1.82) is 0 Å². The summed E-state index contributed by atoms with van der Waals surface area (Å²) >= 11 is 0. The van der Waals surface area contributed by atoms with Crippen molar-refractivity contribution in [1.82, 2.24) is 5.32 Å². The number of amides is 1. The third-order valence-electron chi connectivity index (χ3n) is 3.75. The van der Waals surface area contributed by atoms with E-state index in [0.717, 1.165) is 11.1 Å². The van der Waals surface area contributed by atoms with E-state index in [1.54, 1.807) is 12.1 Å². The first-order valence-corrected chi connectivity index (χ1v) is 7.12. The number of nitrogen functional groups attached to an aromatic ring is 1. The fourth-order valence-electron chi connectivity index (χ4n) is 2.55.